The molecule has 1 aromatic heterocycles. The van der Waals surface area contributed by atoms with Gasteiger partial charge in [0.2, 0.25) is 10.0 Å². The average molecular weight is 500 g/mol. The number of aliphatic hydroxyl groups is 1. The summed E-state index contributed by atoms with van der Waals surface area (Å²) in [4.78, 5) is 12.1. The number of carboxylic acid groups (broad SMARTS) is 1. The molecule has 0 amide bonds. The third kappa shape index (κ3) is 4.98. The molecule has 0 aliphatic carbocycles. The van der Waals surface area contributed by atoms with Gasteiger partial charge in [-0.2, -0.15) is 0 Å². The lowest BCUT2D eigenvalue weighted by atomic mass is 10.0. The first-order chi connectivity index (χ1) is 16.6. The maximum absolute atomic E-state index is 13.1. The molecule has 0 bridgehead atoms. The number of fused-ring (bicyclic) bond motifs is 1. The normalized spacial score (nSPS) is 11.5. The summed E-state index contributed by atoms with van der Waals surface area (Å²) in [6.07, 6.45) is 1.03. The van der Waals surface area contributed by atoms with Crippen LogP contribution in [0.3, 0.4) is 0 Å². The molecule has 0 aliphatic rings. The van der Waals surface area contributed by atoms with Gasteiger partial charge in [0.25, 0.3) is 0 Å². The van der Waals surface area contributed by atoms with Crippen LogP contribution in [0.1, 0.15) is 15.9 Å². The van der Waals surface area contributed by atoms with Gasteiger partial charge in [0.1, 0.15) is 34.2 Å². The van der Waals surface area contributed by atoms with Gasteiger partial charge in [-0.25, -0.2) is 17.6 Å². The zero-order valence-electron chi connectivity index (χ0n) is 18.9. The van der Waals surface area contributed by atoms with Crippen molar-refractivity contribution in [2.75, 3.05) is 23.7 Å². The van der Waals surface area contributed by atoms with Gasteiger partial charge >= 0.3 is 5.97 Å². The van der Waals surface area contributed by atoms with E-state index in [1.807, 2.05) is 0 Å². The molecule has 0 saturated carbocycles. The monoisotopic (exact) mass is 499 g/mol. The summed E-state index contributed by atoms with van der Waals surface area (Å²) in [5.74, 6) is -0.582. The Labute approximate surface area is 200 Å². The van der Waals surface area contributed by atoms with E-state index >= 15 is 0 Å². The zero-order chi connectivity index (χ0) is 25.3. The van der Waals surface area contributed by atoms with E-state index in [-0.39, 0.29) is 41.6 Å². The number of hydrogen-bond acceptors (Lipinski definition) is 6. The number of halogens is 1. The maximum Gasteiger partial charge on any atom is 0.340 e. The van der Waals surface area contributed by atoms with Crippen LogP contribution < -0.4 is 9.04 Å². The Morgan fingerprint density at radius 3 is 2.20 bits per heavy atom. The number of anilines is 1. The summed E-state index contributed by atoms with van der Waals surface area (Å²) in [6, 6.07) is 15.1. The van der Waals surface area contributed by atoms with E-state index in [0.29, 0.717) is 28.0 Å². The molecule has 1 heterocycles. The van der Waals surface area contributed by atoms with Crippen molar-refractivity contribution in [2.24, 2.45) is 0 Å². The van der Waals surface area contributed by atoms with Crippen LogP contribution in [0.15, 0.2) is 65.1 Å². The molecule has 182 valence electrons. The number of furan rings is 1. The number of carbonyl (C=O) groups is 1. The van der Waals surface area contributed by atoms with Crippen molar-refractivity contribution in [3.8, 4) is 22.8 Å². The Balaban J connectivity index is 1.76. The van der Waals surface area contributed by atoms with Gasteiger partial charge in [0, 0.05) is 17.0 Å². The molecule has 10 heteroatoms. The first-order valence-electron chi connectivity index (χ1n) is 10.5. The van der Waals surface area contributed by atoms with E-state index in [1.165, 1.54) is 30.3 Å². The molecule has 2 N–H and O–H groups in total. The molecule has 0 fully saturated rings. The highest BCUT2D eigenvalue weighted by atomic mass is 32.2. The molecule has 3 aromatic carbocycles. The quantitative estimate of drug-likeness (QED) is 0.358. The molecule has 35 heavy (non-hydrogen) atoms. The summed E-state index contributed by atoms with van der Waals surface area (Å²) in [5.41, 5.74) is 1.40. The fourth-order valence-corrected chi connectivity index (χ4v) is 4.76. The number of aliphatic hydroxyl groups excluding tert-OH is 1. The highest BCUT2D eigenvalue weighted by Gasteiger charge is 2.25. The van der Waals surface area contributed by atoms with E-state index in [4.69, 9.17) is 9.15 Å². The molecule has 4 rings (SSSR count). The highest BCUT2D eigenvalue weighted by molar-refractivity contribution is 7.92. The maximum atomic E-state index is 13.1. The molecule has 4 aromatic rings. The van der Waals surface area contributed by atoms with Crippen LogP contribution in [-0.4, -0.2) is 44.0 Å². The molecule has 0 saturated heterocycles. The number of sulfonamides is 1. The van der Waals surface area contributed by atoms with E-state index in [1.54, 1.807) is 37.3 Å². The predicted molar refractivity (Wildman–Crippen MR) is 129 cm³/mol. The lowest BCUT2D eigenvalue weighted by Gasteiger charge is -2.23. The Bertz CT molecular complexity index is 1490. The van der Waals surface area contributed by atoms with E-state index in [0.717, 1.165) is 10.6 Å². The van der Waals surface area contributed by atoms with Crippen LogP contribution in [-0.2, 0) is 10.0 Å². The minimum atomic E-state index is -3.70. The van der Waals surface area contributed by atoms with Crippen molar-refractivity contribution in [1.82, 2.24) is 0 Å². The van der Waals surface area contributed by atoms with Crippen LogP contribution in [0.25, 0.3) is 22.3 Å². The summed E-state index contributed by atoms with van der Waals surface area (Å²) in [7, 11) is -3.70. The minimum absolute atomic E-state index is 0.0603. The molecular weight excluding hydrogens is 477 g/mol. The molecule has 0 aliphatic heterocycles. The lowest BCUT2D eigenvalue weighted by molar-refractivity contribution is 0.0699. The number of hydrogen-bond donors (Lipinski definition) is 2. The van der Waals surface area contributed by atoms with Crippen LogP contribution in [0.5, 0.6) is 11.5 Å². The van der Waals surface area contributed by atoms with Crippen LogP contribution in [0.2, 0.25) is 0 Å². The SMILES string of the molecule is Cc1cc2c(C(=O)O)c(-c3ccc(Oc4ccc(F)cc4)cc3)oc2cc1N(CCO)S(C)(=O)=O. The summed E-state index contributed by atoms with van der Waals surface area (Å²) >= 11 is 0. The fraction of sp³-hybridized carbons (Fsp3) is 0.160. The van der Waals surface area contributed by atoms with Crippen molar-refractivity contribution in [1.29, 1.82) is 0 Å². The second-order valence-corrected chi connectivity index (χ2v) is 9.79. The number of ether oxygens (including phenoxy) is 1. The Morgan fingerprint density at radius 1 is 1.06 bits per heavy atom. The first-order valence-corrected chi connectivity index (χ1v) is 12.4. The van der Waals surface area contributed by atoms with Crippen molar-refractivity contribution in [3.63, 3.8) is 0 Å². The molecule has 0 radical (unpaired) electrons. The Morgan fingerprint density at radius 2 is 1.66 bits per heavy atom. The predicted octanol–water partition coefficient (Wildman–Crippen LogP) is 4.80. The average Bonchev–Trinajstić information content (AvgIpc) is 3.17. The number of rotatable bonds is 8. The minimum Gasteiger partial charge on any atom is -0.478 e. The number of aromatic carboxylic acids is 1. The summed E-state index contributed by atoms with van der Waals surface area (Å²) in [6.45, 7) is 1.12. The summed E-state index contributed by atoms with van der Waals surface area (Å²) in [5, 5.41) is 19.6. The van der Waals surface area contributed by atoms with Gasteiger partial charge in [0.05, 0.1) is 25.1 Å². The first kappa shape index (κ1) is 24.2. The smallest absolute Gasteiger partial charge is 0.340 e. The molecular formula is C25H22FNO7S. The lowest BCUT2D eigenvalue weighted by Crippen LogP contribution is -2.33. The molecule has 0 atom stereocenters. The fourth-order valence-electron chi connectivity index (χ4n) is 3.79. The Kier molecular flexibility index (Phi) is 6.51. The zero-order valence-corrected chi connectivity index (χ0v) is 19.7. The topological polar surface area (TPSA) is 117 Å². The van der Waals surface area contributed by atoms with E-state index in [2.05, 4.69) is 0 Å². The molecule has 0 unspecified atom stereocenters. The van der Waals surface area contributed by atoms with Crippen molar-refractivity contribution < 1.29 is 37.0 Å². The Hall–Kier alpha value is -3.89. The van der Waals surface area contributed by atoms with Gasteiger partial charge < -0.3 is 19.4 Å². The van der Waals surface area contributed by atoms with Crippen molar-refractivity contribution in [3.05, 3.63) is 77.6 Å². The highest BCUT2D eigenvalue weighted by Crippen LogP contribution is 2.38. The third-order valence-electron chi connectivity index (χ3n) is 5.36. The van der Waals surface area contributed by atoms with Gasteiger partial charge in [-0.05, 0) is 67.1 Å². The van der Waals surface area contributed by atoms with Gasteiger partial charge in [-0.15, -0.1) is 0 Å². The standard InChI is InChI=1S/C25H22FNO7S/c1-15-13-20-22(14-21(15)27(11-12-28)35(2,31)32)34-24(23(20)25(29)30)16-3-7-18(8-4-16)33-19-9-5-17(26)6-10-19/h3-10,13-14,28H,11-12H2,1-2H3,(H,29,30). The molecule has 0 spiro atoms. The summed E-state index contributed by atoms with van der Waals surface area (Å²) < 4.78 is 50.2. The van der Waals surface area contributed by atoms with Crippen molar-refractivity contribution >= 4 is 32.6 Å². The van der Waals surface area contributed by atoms with Gasteiger partial charge in [0.15, 0.2) is 0 Å². The van der Waals surface area contributed by atoms with Gasteiger partial charge in [-0.1, -0.05) is 0 Å². The number of carboxylic acids is 1. The number of benzene rings is 3. The van der Waals surface area contributed by atoms with Crippen LogP contribution in [0.4, 0.5) is 10.1 Å². The number of nitrogens with zero attached hydrogens (tertiary/aromatic N) is 1. The molecule has 8 nitrogen and oxygen atoms in total. The van der Waals surface area contributed by atoms with Crippen LogP contribution in [0, 0.1) is 12.7 Å². The second-order valence-electron chi connectivity index (χ2n) is 7.89. The second kappa shape index (κ2) is 9.40. The van der Waals surface area contributed by atoms with E-state index < -0.39 is 16.0 Å². The largest absolute Gasteiger partial charge is 0.478 e. The number of aryl methyl sites for hydroxylation is 1. The van der Waals surface area contributed by atoms with Crippen LogP contribution >= 0.6 is 0 Å². The van der Waals surface area contributed by atoms with E-state index in [9.17, 15) is 27.8 Å². The van der Waals surface area contributed by atoms with Crippen molar-refractivity contribution in [2.45, 2.75) is 6.92 Å². The third-order valence-corrected chi connectivity index (χ3v) is 6.54. The van der Waals surface area contributed by atoms with Gasteiger partial charge in [-0.3, -0.25) is 4.31 Å².